The number of Topliss-reactive ketones (excluding diaryl/α,β-unsaturated/α-hetero) is 1. The van der Waals surface area contributed by atoms with Crippen molar-refractivity contribution >= 4 is 23.8 Å². The number of ether oxygens (including phenoxy) is 3. The number of benzene rings is 2. The number of nitrogens with one attached hydrogen (secondary N) is 2. The Balaban J connectivity index is 1.61. The number of amides is 1. The SMILES string of the molecule is CC(C)OC(=O)OC(C)OC(=O)CCC(=O)c1ncc(C(=O)NC(c2ccccc2)c2ccccc2)c(=O)[nH]1. The number of ketones is 1. The molecule has 11 heteroatoms. The largest absolute Gasteiger partial charge is 0.511 e. The van der Waals surface area contributed by atoms with Crippen molar-refractivity contribution in [3.05, 3.63) is 99.7 Å². The lowest BCUT2D eigenvalue weighted by molar-refractivity contribution is -0.168. The fourth-order valence-corrected chi connectivity index (χ4v) is 3.52. The van der Waals surface area contributed by atoms with E-state index in [9.17, 15) is 24.0 Å². The smallest absolute Gasteiger partial charge is 0.431 e. The first kappa shape index (κ1) is 28.8. The molecule has 1 aromatic heterocycles. The first-order valence-electron chi connectivity index (χ1n) is 12.2. The molecule has 11 nitrogen and oxygen atoms in total. The number of hydrogen-bond acceptors (Lipinski definition) is 9. The zero-order chi connectivity index (χ0) is 28.4. The van der Waals surface area contributed by atoms with Crippen LogP contribution in [0.15, 0.2) is 71.7 Å². The van der Waals surface area contributed by atoms with Crippen LogP contribution in [0.2, 0.25) is 0 Å². The van der Waals surface area contributed by atoms with E-state index >= 15 is 0 Å². The van der Waals surface area contributed by atoms with Gasteiger partial charge in [0.25, 0.3) is 11.5 Å². The van der Waals surface area contributed by atoms with E-state index in [-0.39, 0.29) is 24.2 Å². The standard InChI is InChI=1S/C28H29N3O8/c1-17(2)37-28(36)39-18(3)38-23(33)15-14-22(32)25-29-16-21(27(35)31-25)26(34)30-24(19-10-6-4-7-11-19)20-12-8-5-9-13-20/h4-13,16-18,24H,14-15H2,1-3H3,(H,30,34)(H,29,31,35). The number of hydrogen-bond donors (Lipinski definition) is 2. The molecule has 0 aliphatic heterocycles. The summed E-state index contributed by atoms with van der Waals surface area (Å²) in [5.74, 6) is -2.43. The molecule has 0 fully saturated rings. The topological polar surface area (TPSA) is 154 Å². The number of rotatable bonds is 11. The van der Waals surface area contributed by atoms with Crippen molar-refractivity contribution in [2.75, 3.05) is 0 Å². The molecule has 0 saturated heterocycles. The molecule has 204 valence electrons. The van der Waals surface area contributed by atoms with Crippen LogP contribution in [-0.4, -0.2) is 46.2 Å². The van der Waals surface area contributed by atoms with Crippen LogP contribution in [0, 0.1) is 0 Å². The lowest BCUT2D eigenvalue weighted by Gasteiger charge is -2.19. The molecular weight excluding hydrogens is 506 g/mol. The van der Waals surface area contributed by atoms with Gasteiger partial charge < -0.3 is 24.5 Å². The van der Waals surface area contributed by atoms with E-state index in [4.69, 9.17) is 14.2 Å². The molecule has 1 atom stereocenters. The second-order valence-electron chi connectivity index (χ2n) is 8.72. The molecule has 3 rings (SSSR count). The van der Waals surface area contributed by atoms with E-state index in [2.05, 4.69) is 15.3 Å². The highest BCUT2D eigenvalue weighted by Gasteiger charge is 2.22. The van der Waals surface area contributed by atoms with Crippen LogP contribution in [0.1, 0.15) is 71.8 Å². The lowest BCUT2D eigenvalue weighted by atomic mass is 9.98. The maximum absolute atomic E-state index is 13.0. The summed E-state index contributed by atoms with van der Waals surface area (Å²) >= 11 is 0. The Morgan fingerprint density at radius 3 is 1.97 bits per heavy atom. The minimum atomic E-state index is -1.22. The number of carbonyl (C=O) groups excluding carboxylic acids is 4. The summed E-state index contributed by atoms with van der Waals surface area (Å²) in [4.78, 5) is 67.8. The van der Waals surface area contributed by atoms with Gasteiger partial charge in [0.15, 0.2) is 11.6 Å². The molecule has 1 unspecified atom stereocenters. The Kier molecular flexibility index (Phi) is 10.1. The van der Waals surface area contributed by atoms with E-state index in [1.54, 1.807) is 13.8 Å². The second kappa shape index (κ2) is 13.7. The average Bonchev–Trinajstić information content (AvgIpc) is 2.90. The van der Waals surface area contributed by atoms with Crippen LogP contribution in [0.25, 0.3) is 0 Å². The van der Waals surface area contributed by atoms with Gasteiger partial charge in [-0.1, -0.05) is 60.7 Å². The first-order valence-corrected chi connectivity index (χ1v) is 12.2. The van der Waals surface area contributed by atoms with Gasteiger partial charge in [0.05, 0.1) is 18.6 Å². The minimum absolute atomic E-state index is 0.276. The second-order valence-corrected chi connectivity index (χ2v) is 8.72. The van der Waals surface area contributed by atoms with Crippen LogP contribution in [0.4, 0.5) is 4.79 Å². The number of carbonyl (C=O) groups is 4. The third-order valence-electron chi connectivity index (χ3n) is 5.30. The highest BCUT2D eigenvalue weighted by molar-refractivity contribution is 5.96. The number of aromatic amines is 1. The zero-order valence-corrected chi connectivity index (χ0v) is 21.7. The minimum Gasteiger partial charge on any atom is -0.431 e. The lowest BCUT2D eigenvalue weighted by Crippen LogP contribution is -2.34. The molecule has 3 aromatic rings. The number of esters is 1. The van der Waals surface area contributed by atoms with Crippen molar-refractivity contribution in [3.8, 4) is 0 Å². The molecule has 0 aliphatic rings. The molecule has 1 amide bonds. The Morgan fingerprint density at radius 2 is 1.44 bits per heavy atom. The Bertz CT molecular complexity index is 1320. The number of aromatic nitrogens is 2. The monoisotopic (exact) mass is 535 g/mol. The molecule has 39 heavy (non-hydrogen) atoms. The van der Waals surface area contributed by atoms with Crippen molar-refractivity contribution in [2.24, 2.45) is 0 Å². The van der Waals surface area contributed by atoms with Crippen LogP contribution in [0.3, 0.4) is 0 Å². The summed E-state index contributed by atoms with van der Waals surface area (Å²) in [6.45, 7) is 4.59. The normalized spacial score (nSPS) is 11.5. The maximum atomic E-state index is 13.0. The van der Waals surface area contributed by atoms with Gasteiger partial charge in [-0.15, -0.1) is 0 Å². The summed E-state index contributed by atoms with van der Waals surface area (Å²) in [6, 6.07) is 18.0. The highest BCUT2D eigenvalue weighted by atomic mass is 16.8. The summed E-state index contributed by atoms with van der Waals surface area (Å²) in [5, 5.41) is 2.85. The molecule has 0 bridgehead atoms. The fourth-order valence-electron chi connectivity index (χ4n) is 3.52. The fraction of sp³-hybridized carbons (Fsp3) is 0.286. The van der Waals surface area contributed by atoms with Gasteiger partial charge in [-0.2, -0.15) is 0 Å². The van der Waals surface area contributed by atoms with Gasteiger partial charge in [-0.3, -0.25) is 19.2 Å². The van der Waals surface area contributed by atoms with Gasteiger partial charge >= 0.3 is 12.1 Å². The summed E-state index contributed by atoms with van der Waals surface area (Å²) < 4.78 is 14.5. The van der Waals surface area contributed by atoms with Crippen LogP contribution >= 0.6 is 0 Å². The third-order valence-corrected chi connectivity index (χ3v) is 5.30. The van der Waals surface area contributed by atoms with Crippen LogP contribution in [-0.2, 0) is 19.0 Å². The molecular formula is C28H29N3O8. The van der Waals surface area contributed by atoms with Gasteiger partial charge in [-0.25, -0.2) is 9.78 Å². The van der Waals surface area contributed by atoms with E-state index < -0.39 is 47.8 Å². The molecule has 0 saturated carbocycles. The van der Waals surface area contributed by atoms with Gasteiger partial charge in [-0.05, 0) is 25.0 Å². The molecule has 2 N–H and O–H groups in total. The average molecular weight is 536 g/mol. The first-order chi connectivity index (χ1) is 18.6. The molecule has 0 radical (unpaired) electrons. The quantitative estimate of drug-likeness (QED) is 0.212. The highest BCUT2D eigenvalue weighted by Crippen LogP contribution is 2.22. The molecule has 1 heterocycles. The third kappa shape index (κ3) is 8.63. The van der Waals surface area contributed by atoms with Gasteiger partial charge in [0.1, 0.15) is 5.56 Å². The molecule has 2 aromatic carbocycles. The van der Waals surface area contributed by atoms with Crippen molar-refractivity contribution < 1.29 is 33.4 Å². The van der Waals surface area contributed by atoms with E-state index in [0.717, 1.165) is 17.3 Å². The van der Waals surface area contributed by atoms with Crippen LogP contribution < -0.4 is 10.9 Å². The van der Waals surface area contributed by atoms with Gasteiger partial charge in [0, 0.05) is 19.5 Å². The van der Waals surface area contributed by atoms with Crippen molar-refractivity contribution in [1.82, 2.24) is 15.3 Å². The Morgan fingerprint density at radius 1 is 0.846 bits per heavy atom. The summed E-state index contributed by atoms with van der Waals surface area (Å²) in [7, 11) is 0. The van der Waals surface area contributed by atoms with Crippen molar-refractivity contribution in [2.45, 2.75) is 52.0 Å². The Labute approximate surface area is 224 Å². The van der Waals surface area contributed by atoms with Gasteiger partial charge in [0.2, 0.25) is 6.29 Å². The number of nitrogens with zero attached hydrogens (tertiary/aromatic N) is 1. The van der Waals surface area contributed by atoms with E-state index in [0.29, 0.717) is 0 Å². The maximum Gasteiger partial charge on any atom is 0.511 e. The predicted octanol–water partition coefficient (Wildman–Crippen LogP) is 3.70. The van der Waals surface area contributed by atoms with Crippen molar-refractivity contribution in [1.29, 1.82) is 0 Å². The predicted molar refractivity (Wildman–Crippen MR) is 139 cm³/mol. The summed E-state index contributed by atoms with van der Waals surface area (Å²) in [5.41, 5.74) is 0.550. The van der Waals surface area contributed by atoms with E-state index in [1.165, 1.54) is 6.92 Å². The molecule has 0 aliphatic carbocycles. The van der Waals surface area contributed by atoms with Crippen LogP contribution in [0.5, 0.6) is 0 Å². The Hall–Kier alpha value is -4.80. The zero-order valence-electron chi connectivity index (χ0n) is 21.7. The number of H-pyrrole nitrogens is 1. The van der Waals surface area contributed by atoms with E-state index in [1.807, 2.05) is 60.7 Å². The summed E-state index contributed by atoms with van der Waals surface area (Å²) in [6.07, 6.45) is -2.28. The van der Waals surface area contributed by atoms with Crippen molar-refractivity contribution in [3.63, 3.8) is 0 Å². The molecule has 0 spiro atoms.